The van der Waals surface area contributed by atoms with E-state index in [-0.39, 0.29) is 17.1 Å². The Morgan fingerprint density at radius 3 is 2.26 bits per heavy atom. The molecule has 1 N–H and O–H groups in total. The highest BCUT2D eigenvalue weighted by Crippen LogP contribution is 2.26. The molecular formula is C16H14O3. The highest BCUT2D eigenvalue weighted by Gasteiger charge is 2.17. The van der Waals surface area contributed by atoms with E-state index in [9.17, 15) is 9.90 Å². The highest BCUT2D eigenvalue weighted by atomic mass is 16.5. The number of aromatic hydroxyl groups is 1. The number of allylic oxidation sites excluding steroid dienone is 1. The first-order valence-electron chi connectivity index (χ1n) is 5.84. The molecule has 0 heterocycles. The number of para-hydroxylation sites is 2. The molecule has 19 heavy (non-hydrogen) atoms. The van der Waals surface area contributed by atoms with Crippen molar-refractivity contribution in [3.05, 3.63) is 72.0 Å². The molecular weight excluding hydrogens is 240 g/mol. The van der Waals surface area contributed by atoms with Crippen LogP contribution in [0.1, 0.15) is 22.8 Å². The van der Waals surface area contributed by atoms with Gasteiger partial charge in [0.25, 0.3) is 0 Å². The molecule has 0 radical (unpaired) electrons. The van der Waals surface area contributed by atoms with Crippen molar-refractivity contribution in [2.45, 2.75) is 6.92 Å². The third-order valence-electron chi connectivity index (χ3n) is 2.56. The Hall–Kier alpha value is -2.55. The molecule has 0 unspecified atom stereocenters. The summed E-state index contributed by atoms with van der Waals surface area (Å²) in [6, 6.07) is 13.3. The molecule has 0 amide bonds. The van der Waals surface area contributed by atoms with Gasteiger partial charge in [-0.05, 0) is 31.2 Å². The van der Waals surface area contributed by atoms with Gasteiger partial charge in [0.05, 0.1) is 16.9 Å². The number of carbonyl (C=O) groups excluding carboxylic acids is 1. The third-order valence-corrected chi connectivity index (χ3v) is 2.56. The molecule has 2 aromatic carbocycles. The van der Waals surface area contributed by atoms with E-state index in [4.69, 9.17) is 4.74 Å². The van der Waals surface area contributed by atoms with Crippen LogP contribution in [0.5, 0.6) is 11.5 Å². The standard InChI is InChI=1S/C16H14O3/c1-11(2)19-15-10-6-4-8-13(15)16(18)12-7-3-5-9-14(12)17/h3-10,17H,1H2,2H3. The highest BCUT2D eigenvalue weighted by molar-refractivity contribution is 6.12. The van der Waals surface area contributed by atoms with E-state index in [2.05, 4.69) is 6.58 Å². The van der Waals surface area contributed by atoms with Crippen LogP contribution in [-0.2, 0) is 0 Å². The van der Waals surface area contributed by atoms with Gasteiger partial charge in [-0.1, -0.05) is 30.8 Å². The fraction of sp³-hybridized carbons (Fsp3) is 0.0625. The van der Waals surface area contributed by atoms with Gasteiger partial charge in [0, 0.05) is 0 Å². The van der Waals surface area contributed by atoms with Crippen LogP contribution >= 0.6 is 0 Å². The molecule has 2 rings (SSSR count). The molecule has 96 valence electrons. The molecule has 0 spiro atoms. The van der Waals surface area contributed by atoms with E-state index >= 15 is 0 Å². The molecule has 2 aromatic rings. The van der Waals surface area contributed by atoms with E-state index < -0.39 is 0 Å². The van der Waals surface area contributed by atoms with Crippen LogP contribution in [-0.4, -0.2) is 10.9 Å². The summed E-state index contributed by atoms with van der Waals surface area (Å²) < 4.78 is 5.43. The van der Waals surface area contributed by atoms with Gasteiger partial charge in [-0.15, -0.1) is 0 Å². The Morgan fingerprint density at radius 1 is 1.05 bits per heavy atom. The minimum atomic E-state index is -0.282. The molecule has 0 aromatic heterocycles. The summed E-state index contributed by atoms with van der Waals surface area (Å²) in [6.07, 6.45) is 0. The normalized spacial score (nSPS) is 9.95. The second-order valence-electron chi connectivity index (χ2n) is 4.15. The summed E-state index contributed by atoms with van der Waals surface area (Å²) in [4.78, 5) is 12.4. The maximum absolute atomic E-state index is 12.4. The lowest BCUT2D eigenvalue weighted by Gasteiger charge is -2.10. The zero-order valence-electron chi connectivity index (χ0n) is 10.6. The average Bonchev–Trinajstić information content (AvgIpc) is 2.38. The number of benzene rings is 2. The average molecular weight is 254 g/mol. The number of rotatable bonds is 4. The number of hydrogen-bond donors (Lipinski definition) is 1. The van der Waals surface area contributed by atoms with Crippen molar-refractivity contribution in [2.24, 2.45) is 0 Å². The van der Waals surface area contributed by atoms with Crippen LogP contribution < -0.4 is 4.74 Å². The van der Waals surface area contributed by atoms with E-state index in [0.717, 1.165) is 0 Å². The zero-order chi connectivity index (χ0) is 13.8. The van der Waals surface area contributed by atoms with Crippen molar-refractivity contribution >= 4 is 5.78 Å². The lowest BCUT2D eigenvalue weighted by Crippen LogP contribution is -2.04. The molecule has 0 fully saturated rings. The van der Waals surface area contributed by atoms with Gasteiger partial charge in [-0.2, -0.15) is 0 Å². The number of ketones is 1. The van der Waals surface area contributed by atoms with E-state index in [1.165, 1.54) is 6.07 Å². The fourth-order valence-corrected chi connectivity index (χ4v) is 1.74. The second kappa shape index (κ2) is 5.40. The summed E-state index contributed by atoms with van der Waals surface area (Å²) >= 11 is 0. The molecule has 0 aliphatic heterocycles. The van der Waals surface area contributed by atoms with Gasteiger partial charge in [0.2, 0.25) is 0 Å². The fourth-order valence-electron chi connectivity index (χ4n) is 1.74. The van der Waals surface area contributed by atoms with Crippen molar-refractivity contribution in [1.82, 2.24) is 0 Å². The molecule has 0 bridgehead atoms. The minimum absolute atomic E-state index is 0.0439. The van der Waals surface area contributed by atoms with Crippen molar-refractivity contribution < 1.29 is 14.6 Å². The molecule has 0 aliphatic rings. The van der Waals surface area contributed by atoms with E-state index in [1.54, 1.807) is 49.4 Å². The molecule has 0 aliphatic carbocycles. The topological polar surface area (TPSA) is 46.5 Å². The summed E-state index contributed by atoms with van der Waals surface area (Å²) in [5.74, 6) is 0.605. The van der Waals surface area contributed by atoms with Crippen molar-refractivity contribution in [2.75, 3.05) is 0 Å². The van der Waals surface area contributed by atoms with E-state index in [0.29, 0.717) is 17.1 Å². The first kappa shape index (κ1) is 12.9. The first-order chi connectivity index (χ1) is 9.09. The van der Waals surface area contributed by atoms with Crippen molar-refractivity contribution in [3.63, 3.8) is 0 Å². The smallest absolute Gasteiger partial charge is 0.200 e. The molecule has 3 heteroatoms. The Kier molecular flexibility index (Phi) is 3.66. The lowest BCUT2D eigenvalue weighted by molar-refractivity contribution is 0.103. The van der Waals surface area contributed by atoms with Gasteiger partial charge in [-0.25, -0.2) is 0 Å². The maximum atomic E-state index is 12.4. The Morgan fingerprint density at radius 2 is 1.63 bits per heavy atom. The number of ether oxygens (including phenoxy) is 1. The number of hydrogen-bond acceptors (Lipinski definition) is 3. The van der Waals surface area contributed by atoms with Crippen LogP contribution in [0.25, 0.3) is 0 Å². The Labute approximate surface area is 111 Å². The minimum Gasteiger partial charge on any atom is -0.507 e. The number of phenols is 1. The van der Waals surface area contributed by atoms with Gasteiger partial charge < -0.3 is 9.84 Å². The molecule has 3 nitrogen and oxygen atoms in total. The van der Waals surface area contributed by atoms with Gasteiger partial charge in [0.15, 0.2) is 5.78 Å². The van der Waals surface area contributed by atoms with Gasteiger partial charge >= 0.3 is 0 Å². The van der Waals surface area contributed by atoms with Crippen molar-refractivity contribution in [3.8, 4) is 11.5 Å². The van der Waals surface area contributed by atoms with Gasteiger partial charge in [-0.3, -0.25) is 4.79 Å². The summed E-state index contributed by atoms with van der Waals surface area (Å²) in [6.45, 7) is 5.37. The molecule has 0 saturated heterocycles. The van der Waals surface area contributed by atoms with Crippen molar-refractivity contribution in [1.29, 1.82) is 0 Å². The predicted octanol–water partition coefficient (Wildman–Crippen LogP) is 3.54. The number of carbonyl (C=O) groups is 1. The van der Waals surface area contributed by atoms with Crippen LogP contribution in [0, 0.1) is 0 Å². The van der Waals surface area contributed by atoms with Crippen LogP contribution in [0.15, 0.2) is 60.9 Å². The largest absolute Gasteiger partial charge is 0.507 e. The zero-order valence-corrected chi connectivity index (χ0v) is 10.6. The predicted molar refractivity (Wildman–Crippen MR) is 73.4 cm³/mol. The number of phenolic OH excluding ortho intramolecular Hbond substituents is 1. The second-order valence-corrected chi connectivity index (χ2v) is 4.15. The molecule has 0 saturated carbocycles. The van der Waals surface area contributed by atoms with Crippen LogP contribution in [0.2, 0.25) is 0 Å². The third kappa shape index (κ3) is 2.83. The maximum Gasteiger partial charge on any atom is 0.200 e. The Bertz CT molecular complexity index is 629. The van der Waals surface area contributed by atoms with Crippen LogP contribution in [0.3, 0.4) is 0 Å². The lowest BCUT2D eigenvalue weighted by atomic mass is 10.0. The summed E-state index contributed by atoms with van der Waals surface area (Å²) in [5.41, 5.74) is 0.646. The first-order valence-corrected chi connectivity index (χ1v) is 5.84. The van der Waals surface area contributed by atoms with Crippen LogP contribution in [0.4, 0.5) is 0 Å². The quantitative estimate of drug-likeness (QED) is 0.670. The monoisotopic (exact) mass is 254 g/mol. The molecule has 0 atom stereocenters. The Balaban J connectivity index is 2.45. The summed E-state index contributed by atoms with van der Waals surface area (Å²) in [7, 11) is 0. The SMILES string of the molecule is C=C(C)Oc1ccccc1C(=O)c1ccccc1O. The van der Waals surface area contributed by atoms with E-state index in [1.807, 2.05) is 0 Å². The van der Waals surface area contributed by atoms with Gasteiger partial charge in [0.1, 0.15) is 11.5 Å². The summed E-state index contributed by atoms with van der Waals surface area (Å²) in [5, 5.41) is 9.74.